The molecule has 2 aliphatic rings. The molecule has 0 aromatic heterocycles. The predicted molar refractivity (Wildman–Crippen MR) is 105 cm³/mol. The predicted octanol–water partition coefficient (Wildman–Crippen LogP) is 3.71. The number of Topliss-reactive ketones (excluding diaryl/α,β-unsaturated/α-hetero) is 1. The van der Waals surface area contributed by atoms with Gasteiger partial charge in [-0.05, 0) is 35.6 Å². The SMILES string of the molecule is COc1ccc([C@@H]2CC(=O)NC3=C2C(=O)C[C@@H](c2ccccc2)C3)cc1OC. The lowest BCUT2D eigenvalue weighted by Crippen LogP contribution is -2.38. The van der Waals surface area contributed by atoms with Crippen molar-refractivity contribution >= 4 is 11.7 Å². The van der Waals surface area contributed by atoms with Crippen molar-refractivity contribution in [3.05, 3.63) is 70.9 Å². The van der Waals surface area contributed by atoms with Gasteiger partial charge in [-0.15, -0.1) is 0 Å². The Morgan fingerprint density at radius 2 is 1.61 bits per heavy atom. The van der Waals surface area contributed by atoms with E-state index < -0.39 is 0 Å². The zero-order chi connectivity index (χ0) is 19.7. The van der Waals surface area contributed by atoms with E-state index in [4.69, 9.17) is 9.47 Å². The van der Waals surface area contributed by atoms with Gasteiger partial charge in [0.15, 0.2) is 17.3 Å². The number of hydrogen-bond acceptors (Lipinski definition) is 4. The molecular formula is C23H23NO4. The Morgan fingerprint density at radius 1 is 0.857 bits per heavy atom. The van der Waals surface area contributed by atoms with Crippen LogP contribution in [0, 0.1) is 0 Å². The second-order valence-corrected chi connectivity index (χ2v) is 7.25. The van der Waals surface area contributed by atoms with E-state index in [9.17, 15) is 9.59 Å². The second kappa shape index (κ2) is 7.50. The summed E-state index contributed by atoms with van der Waals surface area (Å²) in [4.78, 5) is 25.5. The minimum atomic E-state index is -0.257. The molecule has 0 saturated heterocycles. The quantitative estimate of drug-likeness (QED) is 0.882. The van der Waals surface area contributed by atoms with E-state index in [0.717, 1.165) is 22.4 Å². The number of nitrogens with one attached hydrogen (secondary N) is 1. The molecular weight excluding hydrogens is 354 g/mol. The molecule has 1 heterocycles. The summed E-state index contributed by atoms with van der Waals surface area (Å²) in [5.41, 5.74) is 3.52. The third-order valence-corrected chi connectivity index (χ3v) is 5.62. The van der Waals surface area contributed by atoms with Crippen molar-refractivity contribution in [3.63, 3.8) is 0 Å². The van der Waals surface area contributed by atoms with E-state index >= 15 is 0 Å². The van der Waals surface area contributed by atoms with E-state index in [-0.39, 0.29) is 29.9 Å². The molecule has 0 unspecified atom stereocenters. The Labute approximate surface area is 164 Å². The zero-order valence-electron chi connectivity index (χ0n) is 16.0. The highest BCUT2D eigenvalue weighted by Gasteiger charge is 2.38. The highest BCUT2D eigenvalue weighted by Crippen LogP contribution is 2.43. The molecule has 1 N–H and O–H groups in total. The third kappa shape index (κ3) is 3.28. The van der Waals surface area contributed by atoms with Gasteiger partial charge in [-0.1, -0.05) is 36.4 Å². The minimum Gasteiger partial charge on any atom is -0.493 e. The standard InChI is InChI=1S/C23H23NO4/c1-27-20-9-8-15(12-21(20)28-2)17-13-22(26)24-18-10-16(11-19(25)23(17)18)14-6-4-3-5-7-14/h3-9,12,16-17H,10-11,13H2,1-2H3,(H,24,26)/t16-,17-/m0/s1. The van der Waals surface area contributed by atoms with Crippen molar-refractivity contribution in [1.82, 2.24) is 5.32 Å². The second-order valence-electron chi connectivity index (χ2n) is 7.25. The molecule has 28 heavy (non-hydrogen) atoms. The molecule has 144 valence electrons. The number of carbonyl (C=O) groups is 2. The van der Waals surface area contributed by atoms with Crippen LogP contribution >= 0.6 is 0 Å². The monoisotopic (exact) mass is 377 g/mol. The molecule has 0 bridgehead atoms. The summed E-state index contributed by atoms with van der Waals surface area (Å²) < 4.78 is 10.7. The summed E-state index contributed by atoms with van der Waals surface area (Å²) in [6, 6.07) is 15.6. The number of amides is 1. The first kappa shape index (κ1) is 18.3. The largest absolute Gasteiger partial charge is 0.493 e. The smallest absolute Gasteiger partial charge is 0.225 e. The van der Waals surface area contributed by atoms with Gasteiger partial charge in [-0.25, -0.2) is 0 Å². The van der Waals surface area contributed by atoms with Gasteiger partial charge in [-0.2, -0.15) is 0 Å². The fourth-order valence-corrected chi connectivity index (χ4v) is 4.28. The van der Waals surface area contributed by atoms with Crippen molar-refractivity contribution < 1.29 is 19.1 Å². The summed E-state index contributed by atoms with van der Waals surface area (Å²) >= 11 is 0. The lowest BCUT2D eigenvalue weighted by molar-refractivity contribution is -0.122. The number of hydrogen-bond donors (Lipinski definition) is 1. The highest BCUT2D eigenvalue weighted by atomic mass is 16.5. The average Bonchev–Trinajstić information content (AvgIpc) is 2.72. The van der Waals surface area contributed by atoms with Gasteiger partial charge in [0.1, 0.15) is 0 Å². The molecule has 1 aliphatic carbocycles. The van der Waals surface area contributed by atoms with Crippen LogP contribution in [0.1, 0.15) is 42.2 Å². The lowest BCUT2D eigenvalue weighted by atomic mass is 9.73. The number of benzene rings is 2. The van der Waals surface area contributed by atoms with Crippen LogP contribution in [-0.2, 0) is 9.59 Å². The molecule has 0 spiro atoms. The van der Waals surface area contributed by atoms with Crippen molar-refractivity contribution in [3.8, 4) is 11.5 Å². The summed E-state index contributed by atoms with van der Waals surface area (Å²) in [6.45, 7) is 0. The molecule has 5 heteroatoms. The summed E-state index contributed by atoms with van der Waals surface area (Å²) in [6.07, 6.45) is 1.39. The fourth-order valence-electron chi connectivity index (χ4n) is 4.28. The molecule has 1 amide bonds. The van der Waals surface area contributed by atoms with Gasteiger partial charge >= 0.3 is 0 Å². The van der Waals surface area contributed by atoms with Gasteiger partial charge in [0, 0.05) is 30.0 Å². The number of ketones is 1. The zero-order valence-corrected chi connectivity index (χ0v) is 16.0. The van der Waals surface area contributed by atoms with Crippen LogP contribution in [0.5, 0.6) is 11.5 Å². The van der Waals surface area contributed by atoms with E-state index in [1.165, 1.54) is 0 Å². The van der Waals surface area contributed by atoms with E-state index in [0.29, 0.717) is 24.3 Å². The Hall–Kier alpha value is -3.08. The third-order valence-electron chi connectivity index (χ3n) is 5.62. The Bertz CT molecular complexity index is 948. The topological polar surface area (TPSA) is 64.6 Å². The van der Waals surface area contributed by atoms with Crippen LogP contribution in [-0.4, -0.2) is 25.9 Å². The molecule has 0 fully saturated rings. The van der Waals surface area contributed by atoms with Crippen LogP contribution in [0.4, 0.5) is 0 Å². The first-order valence-electron chi connectivity index (χ1n) is 9.43. The molecule has 2 aromatic carbocycles. The van der Waals surface area contributed by atoms with Crippen molar-refractivity contribution in [2.24, 2.45) is 0 Å². The van der Waals surface area contributed by atoms with Crippen LogP contribution in [0.15, 0.2) is 59.8 Å². The molecule has 0 radical (unpaired) electrons. The highest BCUT2D eigenvalue weighted by molar-refractivity contribution is 6.02. The minimum absolute atomic E-state index is 0.0555. The number of rotatable bonds is 4. The molecule has 5 nitrogen and oxygen atoms in total. The normalized spacial score (nSPS) is 21.8. The number of methoxy groups -OCH3 is 2. The first-order chi connectivity index (χ1) is 13.6. The van der Waals surface area contributed by atoms with Gasteiger partial charge in [0.25, 0.3) is 0 Å². The van der Waals surface area contributed by atoms with Crippen molar-refractivity contribution in [2.75, 3.05) is 14.2 Å². The maximum Gasteiger partial charge on any atom is 0.225 e. The number of carbonyl (C=O) groups excluding carboxylic acids is 2. The molecule has 2 atom stereocenters. The average molecular weight is 377 g/mol. The maximum absolute atomic E-state index is 13.1. The molecule has 4 rings (SSSR count). The summed E-state index contributed by atoms with van der Waals surface area (Å²) in [5, 5.41) is 2.96. The molecule has 1 aliphatic heterocycles. The Kier molecular flexibility index (Phi) is 4.90. The Morgan fingerprint density at radius 3 is 2.32 bits per heavy atom. The summed E-state index contributed by atoms with van der Waals surface area (Å²) in [5.74, 6) is 1.11. The van der Waals surface area contributed by atoms with E-state index in [1.807, 2.05) is 48.5 Å². The van der Waals surface area contributed by atoms with Gasteiger partial charge < -0.3 is 14.8 Å². The fraction of sp³-hybridized carbons (Fsp3) is 0.304. The van der Waals surface area contributed by atoms with Crippen LogP contribution in [0.2, 0.25) is 0 Å². The maximum atomic E-state index is 13.1. The van der Waals surface area contributed by atoms with Crippen molar-refractivity contribution in [2.45, 2.75) is 31.1 Å². The van der Waals surface area contributed by atoms with Crippen LogP contribution < -0.4 is 14.8 Å². The van der Waals surface area contributed by atoms with Crippen LogP contribution in [0.25, 0.3) is 0 Å². The van der Waals surface area contributed by atoms with Crippen molar-refractivity contribution in [1.29, 1.82) is 0 Å². The summed E-state index contributed by atoms with van der Waals surface area (Å²) in [7, 11) is 3.16. The van der Waals surface area contributed by atoms with Gasteiger partial charge in [0.05, 0.1) is 14.2 Å². The first-order valence-corrected chi connectivity index (χ1v) is 9.43. The number of ether oxygens (including phenoxy) is 2. The Balaban J connectivity index is 1.72. The molecule has 2 aromatic rings. The number of allylic oxidation sites excluding steroid dienone is 2. The lowest BCUT2D eigenvalue weighted by Gasteiger charge is -2.34. The van der Waals surface area contributed by atoms with Gasteiger partial charge in [0.2, 0.25) is 5.91 Å². The van der Waals surface area contributed by atoms with E-state index in [2.05, 4.69) is 5.32 Å². The van der Waals surface area contributed by atoms with Gasteiger partial charge in [-0.3, -0.25) is 9.59 Å². The van der Waals surface area contributed by atoms with Crippen LogP contribution in [0.3, 0.4) is 0 Å². The molecule has 0 saturated carbocycles. The van der Waals surface area contributed by atoms with E-state index in [1.54, 1.807) is 14.2 Å².